The maximum Gasteiger partial charge on any atom is 0.143 e. The fourth-order valence-electron chi connectivity index (χ4n) is 2.17. The van der Waals surface area contributed by atoms with Gasteiger partial charge in [0.2, 0.25) is 0 Å². The third kappa shape index (κ3) is 1.98. The molecule has 0 saturated carbocycles. The van der Waals surface area contributed by atoms with Crippen molar-refractivity contribution in [3.8, 4) is 17.5 Å². The van der Waals surface area contributed by atoms with Crippen LogP contribution in [0.25, 0.3) is 22.4 Å². The van der Waals surface area contributed by atoms with Crippen LogP contribution in [0.2, 0.25) is 0 Å². The van der Waals surface area contributed by atoms with E-state index in [1.807, 2.05) is 7.05 Å². The molecule has 1 aromatic heterocycles. The number of nitriles is 1. The number of aromatic nitrogens is 2. The molecule has 3 aromatic rings. The topological polar surface area (TPSA) is 41.6 Å². The van der Waals surface area contributed by atoms with E-state index < -0.39 is 0 Å². The molecule has 0 fully saturated rings. The molecule has 20 heavy (non-hydrogen) atoms. The molecule has 0 aliphatic rings. The Morgan fingerprint density at radius 1 is 1.25 bits per heavy atom. The summed E-state index contributed by atoms with van der Waals surface area (Å²) in [6.45, 7) is 0. The molecule has 0 N–H and O–H groups in total. The van der Waals surface area contributed by atoms with Gasteiger partial charge in [-0.2, -0.15) is 5.26 Å². The Morgan fingerprint density at radius 2 is 2.05 bits per heavy atom. The molecule has 0 aliphatic carbocycles. The van der Waals surface area contributed by atoms with Crippen LogP contribution in [0, 0.1) is 17.1 Å². The van der Waals surface area contributed by atoms with E-state index >= 15 is 0 Å². The van der Waals surface area contributed by atoms with Crippen LogP contribution in [-0.2, 0) is 7.05 Å². The fraction of sp³-hybridized carbons (Fsp3) is 0.0667. The fourth-order valence-corrected chi connectivity index (χ4v) is 2.53. The van der Waals surface area contributed by atoms with Gasteiger partial charge in [-0.15, -0.1) is 0 Å². The molecule has 0 atom stereocenters. The number of benzene rings is 2. The average molecular weight is 330 g/mol. The predicted octanol–water partition coefficient (Wildman–Crippen LogP) is 4.01. The van der Waals surface area contributed by atoms with Crippen LogP contribution in [0.1, 0.15) is 5.56 Å². The third-order valence-electron chi connectivity index (χ3n) is 3.18. The summed E-state index contributed by atoms with van der Waals surface area (Å²) in [6, 6.07) is 12.1. The van der Waals surface area contributed by atoms with E-state index in [4.69, 9.17) is 5.26 Å². The summed E-state index contributed by atoms with van der Waals surface area (Å²) in [7, 11) is 1.81. The highest BCUT2D eigenvalue weighted by molar-refractivity contribution is 9.10. The summed E-state index contributed by atoms with van der Waals surface area (Å²) in [4.78, 5) is 4.45. The number of hydrogen-bond donors (Lipinski definition) is 0. The lowest BCUT2D eigenvalue weighted by Gasteiger charge is -2.04. The monoisotopic (exact) mass is 329 g/mol. The molecule has 0 aliphatic heterocycles. The summed E-state index contributed by atoms with van der Waals surface area (Å²) < 4.78 is 16.6. The minimum atomic E-state index is -0.327. The first-order valence-electron chi connectivity index (χ1n) is 5.92. The zero-order chi connectivity index (χ0) is 14.3. The summed E-state index contributed by atoms with van der Waals surface area (Å²) >= 11 is 3.34. The Kier molecular flexibility index (Phi) is 3.03. The number of fused-ring (bicyclic) bond motifs is 1. The number of rotatable bonds is 1. The van der Waals surface area contributed by atoms with Gasteiger partial charge in [-0.25, -0.2) is 9.37 Å². The van der Waals surface area contributed by atoms with Gasteiger partial charge in [0.25, 0.3) is 0 Å². The molecule has 5 heteroatoms. The molecule has 0 spiro atoms. The quantitative estimate of drug-likeness (QED) is 0.676. The van der Waals surface area contributed by atoms with Crippen LogP contribution < -0.4 is 0 Å². The molecule has 0 radical (unpaired) electrons. The number of hydrogen-bond acceptors (Lipinski definition) is 2. The van der Waals surface area contributed by atoms with Gasteiger partial charge in [-0.3, -0.25) is 0 Å². The van der Waals surface area contributed by atoms with Crippen LogP contribution >= 0.6 is 15.9 Å². The van der Waals surface area contributed by atoms with Gasteiger partial charge in [0.05, 0.1) is 28.2 Å². The lowest BCUT2D eigenvalue weighted by atomic mass is 10.2. The lowest BCUT2D eigenvalue weighted by molar-refractivity contribution is 0.629. The van der Waals surface area contributed by atoms with Crippen molar-refractivity contribution < 1.29 is 4.39 Å². The van der Waals surface area contributed by atoms with Crippen molar-refractivity contribution in [2.75, 3.05) is 0 Å². The molecule has 2 aromatic carbocycles. The van der Waals surface area contributed by atoms with Crippen LogP contribution in [0.4, 0.5) is 4.39 Å². The van der Waals surface area contributed by atoms with E-state index in [0.29, 0.717) is 17.0 Å². The summed E-state index contributed by atoms with van der Waals surface area (Å²) in [5.74, 6) is 0.209. The van der Waals surface area contributed by atoms with Gasteiger partial charge >= 0.3 is 0 Å². The van der Waals surface area contributed by atoms with Gasteiger partial charge in [0, 0.05) is 11.5 Å². The first kappa shape index (κ1) is 12.8. The van der Waals surface area contributed by atoms with Crippen molar-refractivity contribution in [1.82, 2.24) is 9.55 Å². The Bertz CT molecular complexity index is 861. The summed E-state index contributed by atoms with van der Waals surface area (Å²) in [6.07, 6.45) is 0. The van der Waals surface area contributed by atoms with Crippen molar-refractivity contribution in [2.24, 2.45) is 7.05 Å². The van der Waals surface area contributed by atoms with Gasteiger partial charge in [0.1, 0.15) is 11.6 Å². The van der Waals surface area contributed by atoms with Crippen molar-refractivity contribution in [1.29, 1.82) is 5.26 Å². The lowest BCUT2D eigenvalue weighted by Crippen LogP contribution is -1.95. The second-order valence-corrected chi connectivity index (χ2v) is 5.35. The second kappa shape index (κ2) is 4.73. The zero-order valence-electron chi connectivity index (χ0n) is 10.6. The maximum absolute atomic E-state index is 14.0. The van der Waals surface area contributed by atoms with E-state index in [1.165, 1.54) is 6.07 Å². The Labute approximate surface area is 123 Å². The number of nitrogens with zero attached hydrogens (tertiary/aromatic N) is 3. The molecular formula is C15H9BrFN3. The van der Waals surface area contributed by atoms with Crippen LogP contribution in [0.5, 0.6) is 0 Å². The Morgan fingerprint density at radius 3 is 2.80 bits per heavy atom. The van der Waals surface area contributed by atoms with E-state index in [1.54, 1.807) is 34.9 Å². The normalized spacial score (nSPS) is 10.7. The number of imidazole rings is 1. The van der Waals surface area contributed by atoms with Gasteiger partial charge < -0.3 is 4.57 Å². The molecule has 0 saturated heterocycles. The van der Waals surface area contributed by atoms with Crippen LogP contribution in [0.3, 0.4) is 0 Å². The SMILES string of the molecule is Cn1c(-c2cc(Br)ccc2F)nc2ccc(C#N)cc21. The third-order valence-corrected chi connectivity index (χ3v) is 3.67. The minimum absolute atomic E-state index is 0.327. The largest absolute Gasteiger partial charge is 0.327 e. The molecule has 98 valence electrons. The van der Waals surface area contributed by atoms with Gasteiger partial charge in [-0.1, -0.05) is 15.9 Å². The van der Waals surface area contributed by atoms with Gasteiger partial charge in [-0.05, 0) is 36.4 Å². The van der Waals surface area contributed by atoms with Crippen LogP contribution in [-0.4, -0.2) is 9.55 Å². The predicted molar refractivity (Wildman–Crippen MR) is 78.5 cm³/mol. The first-order valence-corrected chi connectivity index (χ1v) is 6.71. The van der Waals surface area contributed by atoms with Crippen molar-refractivity contribution >= 4 is 27.0 Å². The van der Waals surface area contributed by atoms with Crippen LogP contribution in [0.15, 0.2) is 40.9 Å². The second-order valence-electron chi connectivity index (χ2n) is 4.43. The van der Waals surface area contributed by atoms with E-state index in [9.17, 15) is 4.39 Å². The van der Waals surface area contributed by atoms with E-state index in [2.05, 4.69) is 27.0 Å². The Hall–Kier alpha value is -2.19. The Balaban J connectivity index is 2.30. The molecule has 3 rings (SSSR count). The molecule has 1 heterocycles. The molecular weight excluding hydrogens is 321 g/mol. The standard InChI is InChI=1S/C15H9BrFN3/c1-20-14-6-9(8-18)2-5-13(14)19-15(20)11-7-10(16)3-4-12(11)17/h2-7H,1H3. The highest BCUT2D eigenvalue weighted by Crippen LogP contribution is 2.28. The zero-order valence-corrected chi connectivity index (χ0v) is 12.1. The average Bonchev–Trinajstić information content (AvgIpc) is 2.78. The summed E-state index contributed by atoms with van der Waals surface area (Å²) in [5, 5.41) is 8.95. The van der Waals surface area contributed by atoms with E-state index in [-0.39, 0.29) is 5.82 Å². The minimum Gasteiger partial charge on any atom is -0.327 e. The molecule has 0 bridgehead atoms. The summed E-state index contributed by atoms with van der Waals surface area (Å²) in [5.41, 5.74) is 2.53. The number of halogens is 2. The molecule has 3 nitrogen and oxygen atoms in total. The number of aryl methyl sites for hydroxylation is 1. The first-order chi connectivity index (χ1) is 9.60. The highest BCUT2D eigenvalue weighted by Gasteiger charge is 2.14. The van der Waals surface area contributed by atoms with Crippen molar-refractivity contribution in [3.05, 3.63) is 52.3 Å². The maximum atomic E-state index is 14.0. The molecule has 0 unspecified atom stereocenters. The van der Waals surface area contributed by atoms with Crippen molar-refractivity contribution in [2.45, 2.75) is 0 Å². The molecule has 0 amide bonds. The van der Waals surface area contributed by atoms with Crippen molar-refractivity contribution in [3.63, 3.8) is 0 Å². The highest BCUT2D eigenvalue weighted by atomic mass is 79.9. The smallest absolute Gasteiger partial charge is 0.143 e. The van der Waals surface area contributed by atoms with E-state index in [0.717, 1.165) is 15.5 Å². The van der Waals surface area contributed by atoms with Gasteiger partial charge in [0.15, 0.2) is 0 Å².